The van der Waals surface area contributed by atoms with Crippen LogP contribution in [0.5, 0.6) is 0 Å². The topological polar surface area (TPSA) is 42.2 Å². The first-order valence-corrected chi connectivity index (χ1v) is 18.8. The second-order valence-corrected chi connectivity index (χ2v) is 14.9. The molecule has 0 amide bonds. The number of allylic oxidation sites excluding steroid dienone is 4. The smallest absolute Gasteiger partial charge is 0.156 e. The van der Waals surface area contributed by atoms with Crippen molar-refractivity contribution in [2.45, 2.75) is 38.6 Å². The second kappa shape index (κ2) is 11.5. The lowest BCUT2D eigenvalue weighted by atomic mass is 9.76. The predicted octanol–water partition coefficient (Wildman–Crippen LogP) is 13.3. The normalized spacial score (nSPS) is 17.4. The first-order valence-electron chi connectivity index (χ1n) is 18.4. The van der Waals surface area contributed by atoms with E-state index in [0.717, 1.165) is 57.6 Å². The number of anilines is 2. The maximum atomic E-state index is 7.16. The molecule has 0 spiro atoms. The summed E-state index contributed by atoms with van der Waals surface area (Å²) >= 11 is 6.93. The number of halogens is 1. The summed E-state index contributed by atoms with van der Waals surface area (Å²) in [5.41, 5.74) is 14.2. The molecule has 3 heterocycles. The predicted molar refractivity (Wildman–Crippen MR) is 218 cm³/mol. The molecule has 5 heteroatoms. The lowest BCUT2D eigenvalue weighted by Gasteiger charge is -2.34. The molecular formula is C48H34ClN3O. The van der Waals surface area contributed by atoms with Crippen LogP contribution in [0.3, 0.4) is 0 Å². The fourth-order valence-electron chi connectivity index (χ4n) is 9.24. The van der Waals surface area contributed by atoms with E-state index < -0.39 is 0 Å². The van der Waals surface area contributed by atoms with Crippen molar-refractivity contribution < 1.29 is 4.42 Å². The molecule has 1 aliphatic heterocycles. The average molecular weight is 704 g/mol. The van der Waals surface area contributed by atoms with Crippen LogP contribution in [0.4, 0.5) is 11.4 Å². The highest BCUT2D eigenvalue weighted by atomic mass is 35.5. The summed E-state index contributed by atoms with van der Waals surface area (Å²) in [6, 6.07) is 43.9. The minimum Gasteiger partial charge on any atom is -0.457 e. The number of furan rings is 1. The number of aromatic nitrogens is 2. The van der Waals surface area contributed by atoms with E-state index in [0.29, 0.717) is 10.8 Å². The summed E-state index contributed by atoms with van der Waals surface area (Å²) in [5.74, 6) is 1.08. The van der Waals surface area contributed by atoms with Gasteiger partial charge in [-0.2, -0.15) is 0 Å². The summed E-state index contributed by atoms with van der Waals surface area (Å²) < 4.78 is 7.16. The molecule has 11 rings (SSSR count). The van der Waals surface area contributed by atoms with Crippen molar-refractivity contribution in [2.75, 3.05) is 4.90 Å². The number of fused-ring (bicyclic) bond motifs is 13. The van der Waals surface area contributed by atoms with E-state index in [2.05, 4.69) is 145 Å². The number of rotatable bonds is 3. The van der Waals surface area contributed by atoms with E-state index in [1.165, 1.54) is 55.2 Å². The Hall–Kier alpha value is -5.97. The molecule has 0 saturated heterocycles. The van der Waals surface area contributed by atoms with Gasteiger partial charge in [-0.15, -0.1) is 0 Å². The molecule has 3 aliphatic rings. The Labute approximate surface area is 312 Å². The molecule has 0 radical (unpaired) electrons. The van der Waals surface area contributed by atoms with Gasteiger partial charge in [0.1, 0.15) is 23.1 Å². The standard InChI is InChI=1S/C48H34ClN3O/c1-27-11-3-7-15-34(27)43-28(2)50-44(48(49)51-43)30-19-22-33(23-20-30)52-40-26-32-14-5-4-13-31(32)25-39(40)41-36-17-9-10-18-37(36)42-38-24-21-29-12-6-8-16-35(29)46(38)53-47(42)45(41)52/h3-6,8-14,16-26,41,45H,7,15H2,1-2H3. The van der Waals surface area contributed by atoms with Gasteiger partial charge < -0.3 is 9.32 Å². The van der Waals surface area contributed by atoms with Crippen LogP contribution in [0.25, 0.3) is 60.5 Å². The van der Waals surface area contributed by atoms with Crippen LogP contribution in [0.15, 0.2) is 143 Å². The molecule has 0 saturated carbocycles. The first kappa shape index (κ1) is 30.6. The molecular weight excluding hydrogens is 670 g/mol. The van der Waals surface area contributed by atoms with E-state index in [1.54, 1.807) is 0 Å². The van der Waals surface area contributed by atoms with Crippen LogP contribution in [0.2, 0.25) is 5.15 Å². The van der Waals surface area contributed by atoms with Crippen molar-refractivity contribution in [3.05, 3.63) is 172 Å². The second-order valence-electron chi connectivity index (χ2n) is 14.6. The maximum Gasteiger partial charge on any atom is 0.156 e. The molecule has 6 aromatic carbocycles. The third-order valence-corrected chi connectivity index (χ3v) is 11.9. The molecule has 2 aliphatic carbocycles. The zero-order valence-corrected chi connectivity index (χ0v) is 30.2. The Bertz CT molecular complexity index is 2900. The maximum absolute atomic E-state index is 7.16. The quantitative estimate of drug-likeness (QED) is 0.184. The van der Waals surface area contributed by atoms with Crippen LogP contribution in [0, 0.1) is 6.92 Å². The van der Waals surface area contributed by atoms with Gasteiger partial charge >= 0.3 is 0 Å². The van der Waals surface area contributed by atoms with Gasteiger partial charge in [-0.05, 0) is 101 Å². The fraction of sp³-hybridized carbons (Fsp3) is 0.125. The third kappa shape index (κ3) is 4.49. The van der Waals surface area contributed by atoms with Crippen molar-refractivity contribution in [3.8, 4) is 22.4 Å². The van der Waals surface area contributed by atoms with Gasteiger partial charge in [0.2, 0.25) is 0 Å². The number of hydrogen-bond donors (Lipinski definition) is 0. The van der Waals surface area contributed by atoms with Gasteiger partial charge in [0.05, 0.1) is 11.4 Å². The Morgan fingerprint density at radius 3 is 2.30 bits per heavy atom. The van der Waals surface area contributed by atoms with Crippen molar-refractivity contribution >= 4 is 61.1 Å². The monoisotopic (exact) mass is 703 g/mol. The van der Waals surface area contributed by atoms with E-state index in [-0.39, 0.29) is 12.0 Å². The molecule has 0 N–H and O–H groups in total. The van der Waals surface area contributed by atoms with Gasteiger partial charge in [-0.3, -0.25) is 0 Å². The molecule has 8 aromatic rings. The highest BCUT2D eigenvalue weighted by Crippen LogP contribution is 2.62. The van der Waals surface area contributed by atoms with E-state index in [9.17, 15) is 0 Å². The number of hydrogen-bond acceptors (Lipinski definition) is 4. The van der Waals surface area contributed by atoms with Gasteiger partial charge in [0.15, 0.2) is 5.15 Å². The van der Waals surface area contributed by atoms with Crippen molar-refractivity contribution in [3.63, 3.8) is 0 Å². The fourth-order valence-corrected chi connectivity index (χ4v) is 9.48. The number of benzene rings is 6. The summed E-state index contributed by atoms with van der Waals surface area (Å²) in [4.78, 5) is 12.5. The highest BCUT2D eigenvalue weighted by molar-refractivity contribution is 6.31. The Balaban J connectivity index is 1.10. The molecule has 254 valence electrons. The van der Waals surface area contributed by atoms with Crippen LogP contribution >= 0.6 is 11.6 Å². The zero-order valence-electron chi connectivity index (χ0n) is 29.4. The average Bonchev–Trinajstić information content (AvgIpc) is 3.75. The van der Waals surface area contributed by atoms with Crippen LogP contribution in [-0.2, 0) is 0 Å². The zero-order chi connectivity index (χ0) is 35.4. The minimum absolute atomic E-state index is 0.0766. The Morgan fingerprint density at radius 2 is 1.47 bits per heavy atom. The summed E-state index contributed by atoms with van der Waals surface area (Å²) in [7, 11) is 0. The van der Waals surface area contributed by atoms with Gasteiger partial charge in [0, 0.05) is 39.2 Å². The van der Waals surface area contributed by atoms with E-state index >= 15 is 0 Å². The lowest BCUT2D eigenvalue weighted by Crippen LogP contribution is -2.25. The summed E-state index contributed by atoms with van der Waals surface area (Å²) in [6.45, 7) is 4.17. The number of nitrogens with zero attached hydrogens (tertiary/aromatic N) is 3. The molecule has 0 bridgehead atoms. The first-order chi connectivity index (χ1) is 26.0. The third-order valence-electron chi connectivity index (χ3n) is 11.7. The highest BCUT2D eigenvalue weighted by Gasteiger charge is 2.48. The molecule has 2 unspecified atom stereocenters. The van der Waals surface area contributed by atoms with Crippen molar-refractivity contribution in [2.24, 2.45) is 0 Å². The van der Waals surface area contributed by atoms with Crippen molar-refractivity contribution in [1.29, 1.82) is 0 Å². The van der Waals surface area contributed by atoms with Crippen LogP contribution in [0.1, 0.15) is 60.0 Å². The molecule has 2 aromatic heterocycles. The molecule has 53 heavy (non-hydrogen) atoms. The van der Waals surface area contributed by atoms with Crippen molar-refractivity contribution in [1.82, 2.24) is 9.97 Å². The van der Waals surface area contributed by atoms with E-state index in [4.69, 9.17) is 26.0 Å². The van der Waals surface area contributed by atoms with Crippen LogP contribution in [-0.4, -0.2) is 9.97 Å². The van der Waals surface area contributed by atoms with Gasteiger partial charge in [-0.1, -0.05) is 115 Å². The summed E-state index contributed by atoms with van der Waals surface area (Å²) in [6.07, 6.45) is 6.34. The Morgan fingerprint density at radius 1 is 0.717 bits per heavy atom. The molecule has 4 nitrogen and oxygen atoms in total. The van der Waals surface area contributed by atoms with Gasteiger partial charge in [-0.25, -0.2) is 9.97 Å². The molecule has 0 fully saturated rings. The number of aryl methyl sites for hydroxylation is 1. The molecule has 2 atom stereocenters. The minimum atomic E-state index is -0.0883. The van der Waals surface area contributed by atoms with Crippen LogP contribution < -0.4 is 4.90 Å². The van der Waals surface area contributed by atoms with Gasteiger partial charge in [0.25, 0.3) is 0 Å². The Kier molecular flexibility index (Phi) is 6.66. The van der Waals surface area contributed by atoms with E-state index in [1.807, 2.05) is 6.92 Å². The summed E-state index contributed by atoms with van der Waals surface area (Å²) in [5, 5.41) is 6.35. The largest absolute Gasteiger partial charge is 0.457 e. The SMILES string of the molecule is CC1=C(c2nc(Cl)c(-c3ccc(N4c5cc6ccccc6cc5C5c6ccccc6-c6c(oc7c6ccc6ccccc67)C54)cc3)nc2C)CCC=C1. The lowest BCUT2D eigenvalue weighted by molar-refractivity contribution is 0.477.